The molecule has 0 spiro atoms. The fraction of sp³-hybridized carbons (Fsp3) is 0.500. The summed E-state index contributed by atoms with van der Waals surface area (Å²) in [5.41, 5.74) is 1.40. The Bertz CT molecular complexity index is 1040. The molecule has 0 saturated carbocycles. The summed E-state index contributed by atoms with van der Waals surface area (Å²) in [6, 6.07) is 9.66. The third-order valence-corrected chi connectivity index (χ3v) is 5.79. The zero-order valence-electron chi connectivity index (χ0n) is 18.7. The number of carbonyl (C=O) groups is 2. The number of halogens is 3. The van der Waals surface area contributed by atoms with Gasteiger partial charge in [-0.3, -0.25) is 4.79 Å². The molecule has 0 aliphatic carbocycles. The molecule has 2 fully saturated rings. The van der Waals surface area contributed by atoms with Gasteiger partial charge < -0.3 is 25.2 Å². The minimum Gasteiger partial charge on any atom is -0.475 e. The quantitative estimate of drug-likeness (QED) is 0.570. The maximum atomic E-state index is 12.4. The van der Waals surface area contributed by atoms with Crippen molar-refractivity contribution in [3.63, 3.8) is 0 Å². The number of benzene rings is 1. The lowest BCUT2D eigenvalue weighted by atomic mass is 9.96. The molecule has 0 radical (unpaired) electrons. The van der Waals surface area contributed by atoms with Crippen molar-refractivity contribution in [3.8, 4) is 17.5 Å². The summed E-state index contributed by atoms with van der Waals surface area (Å²) in [6.07, 6.45) is -2.38. The van der Waals surface area contributed by atoms with E-state index in [9.17, 15) is 18.0 Å². The van der Waals surface area contributed by atoms with Gasteiger partial charge >= 0.3 is 18.2 Å². The number of hydrogen-bond donors (Lipinski definition) is 3. The number of nitrogens with one attached hydrogen (secondary N) is 2. The monoisotopic (exact) mass is 494 g/mol. The summed E-state index contributed by atoms with van der Waals surface area (Å²) in [4.78, 5) is 27.8. The Kier molecular flexibility index (Phi) is 8.64. The number of amides is 1. The van der Waals surface area contributed by atoms with Crippen LogP contribution < -0.4 is 15.5 Å². The zero-order valence-corrected chi connectivity index (χ0v) is 18.7. The minimum absolute atomic E-state index is 0.0477. The molecule has 1 aromatic carbocycles. The minimum atomic E-state index is -5.08. The molecule has 2 aliphatic rings. The van der Waals surface area contributed by atoms with Crippen molar-refractivity contribution in [2.24, 2.45) is 11.8 Å². The Morgan fingerprint density at radius 1 is 1.23 bits per heavy atom. The Labute approximate surface area is 199 Å². The van der Waals surface area contributed by atoms with Crippen molar-refractivity contribution in [2.75, 3.05) is 37.6 Å². The molecule has 1 amide bonds. The van der Waals surface area contributed by atoms with Gasteiger partial charge in [-0.1, -0.05) is 5.16 Å². The lowest BCUT2D eigenvalue weighted by molar-refractivity contribution is -0.192. The number of carboxylic acid groups (broad SMARTS) is 1. The molecule has 1 unspecified atom stereocenters. The van der Waals surface area contributed by atoms with Crippen LogP contribution in [0.4, 0.5) is 19.2 Å². The van der Waals surface area contributed by atoms with Crippen molar-refractivity contribution in [3.05, 3.63) is 29.8 Å². The summed E-state index contributed by atoms with van der Waals surface area (Å²) in [7, 11) is 0. The predicted octanol–water partition coefficient (Wildman–Crippen LogP) is 2.18. The number of anilines is 1. The standard InChI is InChI=1S/C20H24N6O2.C2HF3O2/c21-11-14-1-3-16(4-2-14)18-24-20(28-25-18)26-9-6-17(7-10-26)19(27)23-13-15-5-8-22-12-15;3-2(4,5)1(6)7/h1-4,15,17,22H,5-10,12-13H2,(H,23,27);(H,6,7). The molecule has 35 heavy (non-hydrogen) atoms. The highest BCUT2D eigenvalue weighted by atomic mass is 19.4. The van der Waals surface area contributed by atoms with Crippen molar-refractivity contribution in [1.29, 1.82) is 5.26 Å². The first-order valence-electron chi connectivity index (χ1n) is 11.0. The number of aromatic nitrogens is 2. The van der Waals surface area contributed by atoms with Gasteiger partial charge in [-0.25, -0.2) is 4.79 Å². The first-order chi connectivity index (χ1) is 16.7. The van der Waals surface area contributed by atoms with Crippen LogP contribution >= 0.6 is 0 Å². The molecule has 4 rings (SSSR count). The average Bonchev–Trinajstić information content (AvgIpc) is 3.55. The molecule has 2 aliphatic heterocycles. The van der Waals surface area contributed by atoms with Gasteiger partial charge in [0.15, 0.2) is 0 Å². The maximum Gasteiger partial charge on any atom is 0.490 e. The van der Waals surface area contributed by atoms with Crippen LogP contribution in [0.15, 0.2) is 28.8 Å². The van der Waals surface area contributed by atoms with Crippen molar-refractivity contribution >= 4 is 17.9 Å². The second kappa shape index (κ2) is 11.7. The highest BCUT2D eigenvalue weighted by Crippen LogP contribution is 2.25. The summed E-state index contributed by atoms with van der Waals surface area (Å²) < 4.78 is 37.2. The summed E-state index contributed by atoms with van der Waals surface area (Å²) in [6.45, 7) is 4.25. The van der Waals surface area contributed by atoms with Gasteiger partial charge in [0, 0.05) is 31.1 Å². The van der Waals surface area contributed by atoms with Crippen LogP contribution in [0, 0.1) is 23.2 Å². The summed E-state index contributed by atoms with van der Waals surface area (Å²) in [5, 5.41) is 26.5. The fourth-order valence-electron chi connectivity index (χ4n) is 3.77. The molecule has 3 heterocycles. The van der Waals surface area contributed by atoms with Crippen LogP contribution in [-0.2, 0) is 9.59 Å². The Balaban J connectivity index is 0.000000429. The van der Waals surface area contributed by atoms with E-state index in [1.165, 1.54) is 0 Å². The van der Waals surface area contributed by atoms with Gasteiger partial charge in [-0.05, 0) is 62.5 Å². The maximum absolute atomic E-state index is 12.4. The highest BCUT2D eigenvalue weighted by molar-refractivity contribution is 5.79. The van der Waals surface area contributed by atoms with Crippen molar-refractivity contribution < 1.29 is 32.4 Å². The van der Waals surface area contributed by atoms with Crippen molar-refractivity contribution in [2.45, 2.75) is 25.4 Å². The molecular weight excluding hydrogens is 469 g/mol. The van der Waals surface area contributed by atoms with Crippen LogP contribution in [-0.4, -0.2) is 66.0 Å². The second-order valence-corrected chi connectivity index (χ2v) is 8.26. The normalized spacial score (nSPS) is 18.3. The Morgan fingerprint density at radius 2 is 1.89 bits per heavy atom. The van der Waals surface area contributed by atoms with Crippen LogP contribution in [0.25, 0.3) is 11.4 Å². The van der Waals surface area contributed by atoms with E-state index in [1.54, 1.807) is 12.1 Å². The third-order valence-electron chi connectivity index (χ3n) is 5.79. The van der Waals surface area contributed by atoms with E-state index in [4.69, 9.17) is 19.7 Å². The van der Waals surface area contributed by atoms with E-state index < -0.39 is 12.1 Å². The Hall–Kier alpha value is -3.66. The number of carboxylic acids is 1. The van der Waals surface area contributed by atoms with E-state index in [-0.39, 0.29) is 11.8 Å². The van der Waals surface area contributed by atoms with Gasteiger partial charge in [0.05, 0.1) is 11.6 Å². The number of rotatable bonds is 5. The molecule has 2 saturated heterocycles. The van der Waals surface area contributed by atoms with Crippen LogP contribution in [0.1, 0.15) is 24.8 Å². The number of nitrogens with zero attached hydrogens (tertiary/aromatic N) is 4. The van der Waals surface area contributed by atoms with Crippen LogP contribution in [0.2, 0.25) is 0 Å². The lowest BCUT2D eigenvalue weighted by Crippen LogP contribution is -2.42. The first-order valence-corrected chi connectivity index (χ1v) is 11.0. The molecule has 10 nitrogen and oxygen atoms in total. The number of hydrogen-bond acceptors (Lipinski definition) is 8. The third kappa shape index (κ3) is 7.41. The van der Waals surface area contributed by atoms with Crippen molar-refractivity contribution in [1.82, 2.24) is 20.8 Å². The van der Waals surface area contributed by atoms with Gasteiger partial charge in [-0.2, -0.15) is 23.4 Å². The van der Waals surface area contributed by atoms with Gasteiger partial charge in [0.2, 0.25) is 11.7 Å². The van der Waals surface area contributed by atoms with E-state index >= 15 is 0 Å². The molecule has 13 heteroatoms. The largest absolute Gasteiger partial charge is 0.490 e. The number of alkyl halides is 3. The fourth-order valence-corrected chi connectivity index (χ4v) is 3.77. The smallest absolute Gasteiger partial charge is 0.475 e. The molecule has 1 atom stereocenters. The molecule has 1 aromatic heterocycles. The van der Waals surface area contributed by atoms with E-state index in [0.717, 1.165) is 57.5 Å². The van der Waals surface area contributed by atoms with Gasteiger partial charge in [-0.15, -0.1) is 0 Å². The van der Waals surface area contributed by atoms with E-state index in [0.29, 0.717) is 23.3 Å². The summed E-state index contributed by atoms with van der Waals surface area (Å²) in [5.74, 6) is -1.48. The number of piperidine rings is 1. The molecular formula is C22H25F3N6O4. The average molecular weight is 494 g/mol. The highest BCUT2D eigenvalue weighted by Gasteiger charge is 2.38. The SMILES string of the molecule is N#Cc1ccc(-c2noc(N3CCC(C(=O)NCC4CCNC4)CC3)n2)cc1.O=C(O)C(F)(F)F. The molecule has 3 N–H and O–H groups in total. The Morgan fingerprint density at radius 3 is 2.43 bits per heavy atom. The molecule has 2 aromatic rings. The van der Waals surface area contributed by atoms with Crippen LogP contribution in [0.3, 0.4) is 0 Å². The predicted molar refractivity (Wildman–Crippen MR) is 117 cm³/mol. The van der Waals surface area contributed by atoms with Crippen LogP contribution in [0.5, 0.6) is 0 Å². The molecule has 0 bridgehead atoms. The van der Waals surface area contributed by atoms with E-state index in [1.807, 2.05) is 17.0 Å². The zero-order chi connectivity index (χ0) is 25.4. The first kappa shape index (κ1) is 26.0. The number of carbonyl (C=O) groups excluding carboxylic acids is 1. The van der Waals surface area contributed by atoms with E-state index in [2.05, 4.69) is 26.8 Å². The number of nitriles is 1. The molecule has 188 valence electrons. The van der Waals surface area contributed by atoms with Gasteiger partial charge in [0.1, 0.15) is 0 Å². The topological polar surface area (TPSA) is 144 Å². The number of aliphatic carboxylic acids is 1. The lowest BCUT2D eigenvalue weighted by Gasteiger charge is -2.29. The summed E-state index contributed by atoms with van der Waals surface area (Å²) >= 11 is 0. The second-order valence-electron chi connectivity index (χ2n) is 8.26. The van der Waals surface area contributed by atoms with Gasteiger partial charge in [0.25, 0.3) is 0 Å².